The summed E-state index contributed by atoms with van der Waals surface area (Å²) in [6.07, 6.45) is 1.39. The highest BCUT2D eigenvalue weighted by Crippen LogP contribution is 2.28. The molecule has 0 aliphatic carbocycles. The van der Waals surface area contributed by atoms with Crippen molar-refractivity contribution in [2.75, 3.05) is 20.1 Å². The van der Waals surface area contributed by atoms with Gasteiger partial charge in [0.15, 0.2) is 5.96 Å². The van der Waals surface area contributed by atoms with Crippen LogP contribution < -0.4 is 15.4 Å². The van der Waals surface area contributed by atoms with Gasteiger partial charge in [-0.15, -0.1) is 24.0 Å². The molecule has 0 bridgehead atoms. The second-order valence-electron chi connectivity index (χ2n) is 7.32. The quantitative estimate of drug-likeness (QED) is 0.341. The third kappa shape index (κ3) is 6.62. The highest BCUT2D eigenvalue weighted by Gasteiger charge is 2.23. The molecular formula is C23H31IN4O2. The number of carbonyl (C=O) groups excluding carboxylic acids is 1. The van der Waals surface area contributed by atoms with Crippen LogP contribution in [0.2, 0.25) is 0 Å². The van der Waals surface area contributed by atoms with E-state index in [4.69, 9.17) is 9.73 Å². The van der Waals surface area contributed by atoms with E-state index < -0.39 is 0 Å². The molecule has 30 heavy (non-hydrogen) atoms. The SMILES string of the molecule is CCNC(=NCc1ccccc1Oc1ccccc1C)NC1CCC(=O)N(C)C1.I. The number of likely N-dealkylation sites (tertiary alicyclic amines) is 1. The second-order valence-corrected chi connectivity index (χ2v) is 7.32. The summed E-state index contributed by atoms with van der Waals surface area (Å²) in [6.45, 7) is 6.04. The first-order valence-corrected chi connectivity index (χ1v) is 10.2. The summed E-state index contributed by atoms with van der Waals surface area (Å²) in [6, 6.07) is 16.2. The zero-order chi connectivity index (χ0) is 20.6. The van der Waals surface area contributed by atoms with Gasteiger partial charge in [-0.25, -0.2) is 4.99 Å². The minimum atomic E-state index is 0. The maximum absolute atomic E-state index is 11.7. The molecule has 1 amide bonds. The van der Waals surface area contributed by atoms with Crippen LogP contribution in [0.3, 0.4) is 0 Å². The summed E-state index contributed by atoms with van der Waals surface area (Å²) in [4.78, 5) is 18.2. The molecule has 162 valence electrons. The molecule has 3 rings (SSSR count). The first-order chi connectivity index (χ1) is 14.1. The van der Waals surface area contributed by atoms with Crippen LogP contribution in [0.4, 0.5) is 0 Å². The zero-order valence-electron chi connectivity index (χ0n) is 17.9. The highest BCUT2D eigenvalue weighted by molar-refractivity contribution is 14.0. The van der Waals surface area contributed by atoms with Gasteiger partial charge in [0.2, 0.25) is 5.91 Å². The molecule has 0 radical (unpaired) electrons. The molecule has 0 saturated carbocycles. The van der Waals surface area contributed by atoms with Crippen LogP contribution in [0.5, 0.6) is 11.5 Å². The average Bonchev–Trinajstić information content (AvgIpc) is 2.72. The van der Waals surface area contributed by atoms with Gasteiger partial charge >= 0.3 is 0 Å². The topological polar surface area (TPSA) is 66.0 Å². The van der Waals surface area contributed by atoms with E-state index in [0.29, 0.717) is 19.5 Å². The Morgan fingerprint density at radius 2 is 1.87 bits per heavy atom. The van der Waals surface area contributed by atoms with Gasteiger partial charge in [-0.05, 0) is 38.0 Å². The summed E-state index contributed by atoms with van der Waals surface area (Å²) < 4.78 is 6.15. The van der Waals surface area contributed by atoms with Crippen molar-refractivity contribution in [3.05, 3.63) is 59.7 Å². The number of likely N-dealkylation sites (N-methyl/N-ethyl adjacent to an activating group) is 1. The second kappa shape index (κ2) is 11.8. The van der Waals surface area contributed by atoms with Crippen molar-refractivity contribution in [1.29, 1.82) is 0 Å². The Balaban J connectivity index is 0.00000320. The van der Waals surface area contributed by atoms with Crippen molar-refractivity contribution in [3.8, 4) is 11.5 Å². The predicted molar refractivity (Wildman–Crippen MR) is 132 cm³/mol. The number of aryl methyl sites for hydroxylation is 1. The van der Waals surface area contributed by atoms with E-state index in [2.05, 4.69) is 10.6 Å². The Labute approximate surface area is 196 Å². The molecule has 2 aromatic rings. The fourth-order valence-electron chi connectivity index (χ4n) is 3.33. The van der Waals surface area contributed by atoms with Gasteiger partial charge in [0.25, 0.3) is 0 Å². The third-order valence-corrected chi connectivity index (χ3v) is 5.01. The number of ether oxygens (including phenoxy) is 1. The number of hydrogen-bond donors (Lipinski definition) is 2. The van der Waals surface area contributed by atoms with Crippen molar-refractivity contribution >= 4 is 35.8 Å². The van der Waals surface area contributed by atoms with Gasteiger partial charge in [-0.3, -0.25) is 4.79 Å². The molecule has 1 aliphatic rings. The number of guanidine groups is 1. The maximum Gasteiger partial charge on any atom is 0.222 e. The van der Waals surface area contributed by atoms with Crippen LogP contribution in [0, 0.1) is 6.92 Å². The maximum atomic E-state index is 11.7. The summed E-state index contributed by atoms with van der Waals surface area (Å²) in [5.41, 5.74) is 2.11. The summed E-state index contributed by atoms with van der Waals surface area (Å²) in [5, 5.41) is 6.76. The van der Waals surface area contributed by atoms with E-state index in [1.807, 2.05) is 69.4 Å². The van der Waals surface area contributed by atoms with Gasteiger partial charge in [0, 0.05) is 38.2 Å². The van der Waals surface area contributed by atoms with E-state index in [9.17, 15) is 4.79 Å². The number of carbonyl (C=O) groups is 1. The number of rotatable bonds is 6. The van der Waals surface area contributed by atoms with Crippen LogP contribution in [-0.2, 0) is 11.3 Å². The first-order valence-electron chi connectivity index (χ1n) is 10.2. The van der Waals surface area contributed by atoms with Gasteiger partial charge in [-0.2, -0.15) is 0 Å². The lowest BCUT2D eigenvalue weighted by Gasteiger charge is -2.31. The summed E-state index contributed by atoms with van der Waals surface area (Å²) >= 11 is 0. The van der Waals surface area contributed by atoms with Gasteiger partial charge in [0.05, 0.1) is 6.54 Å². The molecule has 7 heteroatoms. The van der Waals surface area contributed by atoms with E-state index in [-0.39, 0.29) is 35.9 Å². The smallest absolute Gasteiger partial charge is 0.222 e. The number of benzene rings is 2. The Kier molecular flexibility index (Phi) is 9.42. The number of nitrogens with one attached hydrogen (secondary N) is 2. The number of para-hydroxylation sites is 2. The molecule has 1 unspecified atom stereocenters. The molecule has 2 aromatic carbocycles. The Bertz CT molecular complexity index is 872. The first kappa shape index (κ1) is 24.0. The third-order valence-electron chi connectivity index (χ3n) is 5.01. The van der Waals surface area contributed by atoms with Crippen LogP contribution in [-0.4, -0.2) is 42.9 Å². The van der Waals surface area contributed by atoms with Gasteiger partial charge in [0.1, 0.15) is 11.5 Å². The minimum absolute atomic E-state index is 0. The largest absolute Gasteiger partial charge is 0.457 e. The minimum Gasteiger partial charge on any atom is -0.457 e. The standard InChI is InChI=1S/C23H30N4O2.HI/c1-4-24-23(26-19-13-14-22(28)27(3)16-19)25-15-18-10-6-8-12-21(18)29-20-11-7-5-9-17(20)2;/h5-12,19H,4,13-16H2,1-3H3,(H2,24,25,26);1H. The van der Waals surface area contributed by atoms with Crippen molar-refractivity contribution < 1.29 is 9.53 Å². The van der Waals surface area contributed by atoms with Gasteiger partial charge < -0.3 is 20.3 Å². The fraction of sp³-hybridized carbons (Fsp3) is 0.391. The molecule has 1 fully saturated rings. The molecule has 1 heterocycles. The Morgan fingerprint density at radius 3 is 2.57 bits per heavy atom. The summed E-state index contributed by atoms with van der Waals surface area (Å²) in [7, 11) is 1.85. The normalized spacial score (nSPS) is 16.6. The average molecular weight is 522 g/mol. The number of aliphatic imine (C=N–C) groups is 1. The Hall–Kier alpha value is -2.29. The summed E-state index contributed by atoms with van der Waals surface area (Å²) in [5.74, 6) is 2.62. The zero-order valence-corrected chi connectivity index (χ0v) is 20.2. The van der Waals surface area contributed by atoms with Crippen LogP contribution in [0.15, 0.2) is 53.5 Å². The predicted octanol–water partition coefficient (Wildman–Crippen LogP) is 4.08. The van der Waals surface area contributed by atoms with Crippen molar-refractivity contribution in [2.24, 2.45) is 4.99 Å². The van der Waals surface area contributed by atoms with E-state index >= 15 is 0 Å². The molecule has 2 N–H and O–H groups in total. The molecule has 1 saturated heterocycles. The number of piperidine rings is 1. The molecule has 6 nitrogen and oxygen atoms in total. The highest BCUT2D eigenvalue weighted by atomic mass is 127. The van der Waals surface area contributed by atoms with Crippen LogP contribution in [0.1, 0.15) is 30.9 Å². The number of hydrogen-bond acceptors (Lipinski definition) is 3. The monoisotopic (exact) mass is 522 g/mol. The van der Waals surface area contributed by atoms with Crippen LogP contribution >= 0.6 is 24.0 Å². The molecule has 1 aliphatic heterocycles. The molecule has 0 spiro atoms. The molecular weight excluding hydrogens is 491 g/mol. The van der Waals surface area contributed by atoms with Gasteiger partial charge in [-0.1, -0.05) is 36.4 Å². The van der Waals surface area contributed by atoms with Crippen molar-refractivity contribution in [1.82, 2.24) is 15.5 Å². The van der Waals surface area contributed by atoms with E-state index in [1.165, 1.54) is 0 Å². The Morgan fingerprint density at radius 1 is 1.17 bits per heavy atom. The number of nitrogens with zero attached hydrogens (tertiary/aromatic N) is 2. The van der Waals surface area contributed by atoms with E-state index in [0.717, 1.165) is 41.6 Å². The van der Waals surface area contributed by atoms with Crippen LogP contribution in [0.25, 0.3) is 0 Å². The molecule has 0 aromatic heterocycles. The fourth-order valence-corrected chi connectivity index (χ4v) is 3.33. The lowest BCUT2D eigenvalue weighted by Crippen LogP contribution is -2.51. The van der Waals surface area contributed by atoms with E-state index in [1.54, 1.807) is 4.90 Å². The molecule has 1 atom stereocenters. The van der Waals surface area contributed by atoms with Crippen molar-refractivity contribution in [2.45, 2.75) is 39.3 Å². The number of amides is 1. The lowest BCUT2D eigenvalue weighted by molar-refractivity contribution is -0.132. The number of halogens is 1. The lowest BCUT2D eigenvalue weighted by atomic mass is 10.1. The van der Waals surface area contributed by atoms with Crippen molar-refractivity contribution in [3.63, 3.8) is 0 Å².